The number of hydrogen-bond donors (Lipinski definition) is 2. The van der Waals surface area contributed by atoms with Gasteiger partial charge >= 0.3 is 0 Å². The lowest BCUT2D eigenvalue weighted by atomic mass is 10.1. The van der Waals surface area contributed by atoms with Crippen LogP contribution in [0.15, 0.2) is 24.3 Å². The molecule has 84 valence electrons. The number of rotatable bonds is 6. The summed E-state index contributed by atoms with van der Waals surface area (Å²) in [5.41, 5.74) is 6.71. The van der Waals surface area contributed by atoms with Gasteiger partial charge in [0.1, 0.15) is 5.75 Å². The molecule has 0 saturated heterocycles. The topological polar surface area (TPSA) is 47.3 Å². The Bertz CT molecular complexity index is 271. The highest BCUT2D eigenvalue weighted by atomic mass is 16.5. The first kappa shape index (κ1) is 12.0. The molecular formula is C12H20N2O. The smallest absolute Gasteiger partial charge is 0.118 e. The summed E-state index contributed by atoms with van der Waals surface area (Å²) in [4.78, 5) is 0. The van der Waals surface area contributed by atoms with Crippen molar-refractivity contribution in [2.24, 2.45) is 5.73 Å². The van der Waals surface area contributed by atoms with Crippen molar-refractivity contribution in [2.45, 2.75) is 19.4 Å². The van der Waals surface area contributed by atoms with Gasteiger partial charge in [-0.25, -0.2) is 0 Å². The van der Waals surface area contributed by atoms with E-state index in [2.05, 4.69) is 24.4 Å². The second-order valence-electron chi connectivity index (χ2n) is 3.59. The maximum absolute atomic E-state index is 5.43. The van der Waals surface area contributed by atoms with Crippen LogP contribution in [0.25, 0.3) is 0 Å². The first-order valence-electron chi connectivity index (χ1n) is 5.35. The summed E-state index contributed by atoms with van der Waals surface area (Å²) in [7, 11) is 1.68. The molecule has 0 amide bonds. The molecule has 3 heteroatoms. The van der Waals surface area contributed by atoms with E-state index in [0.717, 1.165) is 25.3 Å². The third-order valence-corrected chi connectivity index (χ3v) is 2.45. The molecule has 0 fully saturated rings. The minimum Gasteiger partial charge on any atom is -0.497 e. The maximum Gasteiger partial charge on any atom is 0.118 e. The van der Waals surface area contributed by atoms with Crippen LogP contribution in [0.2, 0.25) is 0 Å². The molecule has 0 aromatic heterocycles. The number of nitrogens with one attached hydrogen (secondary N) is 1. The molecule has 3 nitrogen and oxygen atoms in total. The van der Waals surface area contributed by atoms with Gasteiger partial charge in [-0.05, 0) is 44.1 Å². The first-order valence-corrected chi connectivity index (χ1v) is 5.35. The van der Waals surface area contributed by atoms with Gasteiger partial charge in [-0.15, -0.1) is 0 Å². The number of ether oxygens (including phenoxy) is 1. The van der Waals surface area contributed by atoms with Crippen molar-refractivity contribution in [3.05, 3.63) is 29.8 Å². The molecule has 1 rings (SSSR count). The van der Waals surface area contributed by atoms with Gasteiger partial charge in [0.05, 0.1) is 7.11 Å². The van der Waals surface area contributed by atoms with E-state index in [0.29, 0.717) is 6.04 Å². The van der Waals surface area contributed by atoms with Gasteiger partial charge in [0, 0.05) is 6.04 Å². The van der Waals surface area contributed by atoms with Crippen LogP contribution in [0, 0.1) is 0 Å². The molecule has 1 unspecified atom stereocenters. The third-order valence-electron chi connectivity index (χ3n) is 2.45. The highest BCUT2D eigenvalue weighted by Gasteiger charge is 2.03. The average molecular weight is 208 g/mol. The lowest BCUT2D eigenvalue weighted by molar-refractivity contribution is 0.414. The van der Waals surface area contributed by atoms with Gasteiger partial charge < -0.3 is 15.8 Å². The fourth-order valence-electron chi connectivity index (χ4n) is 1.43. The van der Waals surface area contributed by atoms with Crippen molar-refractivity contribution in [2.75, 3.05) is 20.2 Å². The summed E-state index contributed by atoms with van der Waals surface area (Å²) in [6.45, 7) is 3.85. The van der Waals surface area contributed by atoms with Crippen LogP contribution in [0.4, 0.5) is 0 Å². The van der Waals surface area contributed by atoms with Gasteiger partial charge in [0.15, 0.2) is 0 Å². The molecule has 0 spiro atoms. The van der Waals surface area contributed by atoms with E-state index < -0.39 is 0 Å². The van der Waals surface area contributed by atoms with Gasteiger partial charge in [0.2, 0.25) is 0 Å². The van der Waals surface area contributed by atoms with E-state index in [1.165, 1.54) is 5.56 Å². The van der Waals surface area contributed by atoms with Crippen molar-refractivity contribution in [3.63, 3.8) is 0 Å². The molecule has 0 aliphatic heterocycles. The van der Waals surface area contributed by atoms with E-state index in [9.17, 15) is 0 Å². The summed E-state index contributed by atoms with van der Waals surface area (Å²) in [5.74, 6) is 0.896. The minimum atomic E-state index is 0.363. The van der Waals surface area contributed by atoms with Crippen molar-refractivity contribution >= 4 is 0 Å². The molecule has 0 aliphatic carbocycles. The lowest BCUT2D eigenvalue weighted by Crippen LogP contribution is -2.21. The zero-order valence-corrected chi connectivity index (χ0v) is 9.49. The predicted molar refractivity (Wildman–Crippen MR) is 63.1 cm³/mol. The molecule has 0 saturated carbocycles. The SMILES string of the molecule is COc1ccc(C(C)NCCCN)cc1. The highest BCUT2D eigenvalue weighted by Crippen LogP contribution is 2.16. The fraction of sp³-hybridized carbons (Fsp3) is 0.500. The Hall–Kier alpha value is -1.06. The second-order valence-corrected chi connectivity index (χ2v) is 3.59. The van der Waals surface area contributed by atoms with Crippen LogP contribution in [-0.4, -0.2) is 20.2 Å². The molecule has 0 radical (unpaired) electrons. The minimum absolute atomic E-state index is 0.363. The molecule has 1 aromatic rings. The predicted octanol–water partition coefficient (Wildman–Crippen LogP) is 1.69. The Morgan fingerprint density at radius 2 is 2.00 bits per heavy atom. The zero-order valence-electron chi connectivity index (χ0n) is 9.49. The van der Waals surface area contributed by atoms with Crippen LogP contribution < -0.4 is 15.8 Å². The lowest BCUT2D eigenvalue weighted by Gasteiger charge is -2.14. The number of hydrogen-bond acceptors (Lipinski definition) is 3. The second kappa shape index (κ2) is 6.43. The molecule has 3 N–H and O–H groups in total. The van der Waals surface area contributed by atoms with Crippen LogP contribution in [-0.2, 0) is 0 Å². The zero-order chi connectivity index (χ0) is 11.1. The Morgan fingerprint density at radius 3 is 2.53 bits per heavy atom. The van der Waals surface area contributed by atoms with Gasteiger partial charge in [0.25, 0.3) is 0 Å². The third kappa shape index (κ3) is 3.90. The van der Waals surface area contributed by atoms with Crippen LogP contribution in [0.5, 0.6) is 5.75 Å². The summed E-state index contributed by atoms with van der Waals surface area (Å²) in [5, 5.41) is 3.42. The van der Waals surface area contributed by atoms with Crippen molar-refractivity contribution in [1.29, 1.82) is 0 Å². The molecule has 1 aromatic carbocycles. The largest absolute Gasteiger partial charge is 0.497 e. The summed E-state index contributed by atoms with van der Waals surface area (Å²) >= 11 is 0. The van der Waals surface area contributed by atoms with Crippen LogP contribution in [0.3, 0.4) is 0 Å². The van der Waals surface area contributed by atoms with E-state index >= 15 is 0 Å². The molecule has 0 heterocycles. The number of benzene rings is 1. The van der Waals surface area contributed by atoms with Crippen molar-refractivity contribution < 1.29 is 4.74 Å². The molecule has 0 aliphatic rings. The molecule has 1 atom stereocenters. The van der Waals surface area contributed by atoms with Crippen molar-refractivity contribution in [1.82, 2.24) is 5.32 Å². The van der Waals surface area contributed by atoms with Gasteiger partial charge in [-0.1, -0.05) is 12.1 Å². The van der Waals surface area contributed by atoms with Crippen LogP contribution in [0.1, 0.15) is 24.9 Å². The van der Waals surface area contributed by atoms with E-state index in [1.54, 1.807) is 7.11 Å². The summed E-state index contributed by atoms with van der Waals surface area (Å²) in [6, 6.07) is 8.49. The maximum atomic E-state index is 5.43. The van der Waals surface area contributed by atoms with Crippen LogP contribution >= 0.6 is 0 Å². The Balaban J connectivity index is 2.46. The average Bonchev–Trinajstić information content (AvgIpc) is 2.29. The molecule has 15 heavy (non-hydrogen) atoms. The van der Waals surface area contributed by atoms with E-state index in [-0.39, 0.29) is 0 Å². The van der Waals surface area contributed by atoms with Gasteiger partial charge in [-0.2, -0.15) is 0 Å². The summed E-state index contributed by atoms with van der Waals surface area (Å²) in [6.07, 6.45) is 1.01. The molecular weight excluding hydrogens is 188 g/mol. The number of methoxy groups -OCH3 is 1. The van der Waals surface area contributed by atoms with E-state index in [1.807, 2.05) is 12.1 Å². The van der Waals surface area contributed by atoms with Crippen molar-refractivity contribution in [3.8, 4) is 5.75 Å². The standard InChI is InChI=1S/C12H20N2O/c1-10(14-9-3-8-13)11-4-6-12(15-2)7-5-11/h4-7,10,14H,3,8-9,13H2,1-2H3. The first-order chi connectivity index (χ1) is 7.27. The Kier molecular flexibility index (Phi) is 5.15. The fourth-order valence-corrected chi connectivity index (χ4v) is 1.43. The Labute approximate surface area is 91.6 Å². The Morgan fingerprint density at radius 1 is 1.33 bits per heavy atom. The summed E-state index contributed by atoms with van der Waals surface area (Å²) < 4.78 is 5.11. The quantitative estimate of drug-likeness (QED) is 0.699. The van der Waals surface area contributed by atoms with Gasteiger partial charge in [-0.3, -0.25) is 0 Å². The molecule has 0 bridgehead atoms. The normalized spacial score (nSPS) is 12.5. The monoisotopic (exact) mass is 208 g/mol. The highest BCUT2D eigenvalue weighted by molar-refractivity contribution is 5.28. The number of nitrogens with two attached hydrogens (primary N) is 1. The van der Waals surface area contributed by atoms with E-state index in [4.69, 9.17) is 10.5 Å².